The van der Waals surface area contributed by atoms with Crippen molar-refractivity contribution in [2.75, 3.05) is 30.6 Å². The number of hydrogen-bond acceptors (Lipinski definition) is 5. The van der Waals surface area contributed by atoms with E-state index in [0.717, 1.165) is 63.9 Å². The Morgan fingerprint density at radius 2 is 1.58 bits per heavy atom. The summed E-state index contributed by atoms with van der Waals surface area (Å²) in [7, 11) is -3.30. The molecule has 2 amide bonds. The van der Waals surface area contributed by atoms with Crippen LogP contribution in [0.4, 0.5) is 10.5 Å². The van der Waals surface area contributed by atoms with Gasteiger partial charge >= 0.3 is 6.03 Å². The molecule has 0 aromatic heterocycles. The summed E-state index contributed by atoms with van der Waals surface area (Å²) in [6.45, 7) is 11.8. The number of likely N-dealkylation sites (tertiary alicyclic amines) is 1. The zero-order chi connectivity index (χ0) is 27.1. The molecule has 8 nitrogen and oxygen atoms in total. The van der Waals surface area contributed by atoms with Crippen LogP contribution in [0.25, 0.3) is 0 Å². The van der Waals surface area contributed by atoms with Crippen molar-refractivity contribution in [3.05, 3.63) is 54.1 Å². The predicted octanol–water partition coefficient (Wildman–Crippen LogP) is 5.85. The van der Waals surface area contributed by atoms with Gasteiger partial charge in [0.1, 0.15) is 11.5 Å². The molecule has 38 heavy (non-hydrogen) atoms. The molecule has 1 saturated heterocycles. The minimum atomic E-state index is -3.30. The molecule has 212 valence electrons. The van der Waals surface area contributed by atoms with E-state index in [1.807, 2.05) is 32.9 Å². The van der Waals surface area contributed by atoms with E-state index in [9.17, 15) is 13.2 Å². The first-order valence-corrected chi connectivity index (χ1v) is 15.0. The zero-order valence-corrected chi connectivity index (χ0v) is 24.8. The fourth-order valence-corrected chi connectivity index (χ4v) is 4.99. The number of carbonyl (C=O) groups excluding carboxylic acids is 1. The van der Waals surface area contributed by atoms with Crippen LogP contribution >= 0.6 is 12.4 Å². The first-order chi connectivity index (χ1) is 17.4. The van der Waals surface area contributed by atoms with Crippen molar-refractivity contribution >= 4 is 34.1 Å². The topological polar surface area (TPSA) is 91.0 Å². The monoisotopic (exact) mass is 566 g/mol. The maximum absolute atomic E-state index is 12.9. The number of ether oxygens (including phenoxy) is 1. The average Bonchev–Trinajstić information content (AvgIpc) is 2.81. The Labute approximate surface area is 234 Å². The number of amides is 2. The van der Waals surface area contributed by atoms with Crippen molar-refractivity contribution in [2.45, 2.75) is 71.5 Å². The van der Waals surface area contributed by atoms with Crippen molar-refractivity contribution in [3.63, 3.8) is 0 Å². The highest BCUT2D eigenvalue weighted by molar-refractivity contribution is 7.92. The van der Waals surface area contributed by atoms with Gasteiger partial charge in [-0.3, -0.25) is 9.62 Å². The van der Waals surface area contributed by atoms with Crippen molar-refractivity contribution < 1.29 is 17.9 Å². The number of nitrogens with one attached hydrogen (secondary N) is 2. The normalized spacial score (nSPS) is 14.9. The van der Waals surface area contributed by atoms with E-state index in [2.05, 4.69) is 38.9 Å². The van der Waals surface area contributed by atoms with Crippen LogP contribution in [0.15, 0.2) is 48.5 Å². The van der Waals surface area contributed by atoms with Gasteiger partial charge < -0.3 is 15.0 Å². The number of carbonyl (C=O) groups is 1. The molecule has 0 atom stereocenters. The van der Waals surface area contributed by atoms with Crippen molar-refractivity contribution in [1.82, 2.24) is 15.1 Å². The van der Waals surface area contributed by atoms with Crippen LogP contribution in [0.2, 0.25) is 0 Å². The largest absolute Gasteiger partial charge is 0.457 e. The van der Waals surface area contributed by atoms with E-state index in [-0.39, 0.29) is 30.0 Å². The SMILES string of the molecule is CCCCN(C(=O)NC(C)(C)C)C1CCN(Cc2ccc(Oc3ccc(NS(C)(=O)=O)cc3)cc2)CC1.Cl. The Hall–Kier alpha value is -2.49. The highest BCUT2D eigenvalue weighted by atomic mass is 35.5. The summed E-state index contributed by atoms with van der Waals surface area (Å²) in [4.78, 5) is 17.4. The standard InChI is InChI=1S/C28H42N4O4S.ClH/c1-6-7-18-32(27(33)29-28(2,3)4)24-16-19-31(20-17-24)21-22-8-12-25(13-9-22)36-26-14-10-23(11-15-26)30-37(5,34)35;/h8-15,24,30H,6-7,16-21H2,1-5H3,(H,29,33);1H. The number of nitrogens with zero attached hydrogens (tertiary/aromatic N) is 2. The number of benzene rings is 2. The van der Waals surface area contributed by atoms with Crippen LogP contribution in [0.3, 0.4) is 0 Å². The molecule has 1 aliphatic heterocycles. The molecule has 1 heterocycles. The fraction of sp³-hybridized carbons (Fsp3) is 0.536. The Kier molecular flexibility index (Phi) is 11.7. The number of anilines is 1. The number of halogens is 1. The molecule has 0 saturated carbocycles. The molecule has 0 spiro atoms. The van der Waals surface area contributed by atoms with E-state index in [1.165, 1.54) is 5.56 Å². The lowest BCUT2D eigenvalue weighted by Gasteiger charge is -2.39. The lowest BCUT2D eigenvalue weighted by atomic mass is 10.0. The van der Waals surface area contributed by atoms with Gasteiger partial charge in [-0.15, -0.1) is 12.4 Å². The van der Waals surface area contributed by atoms with Crippen LogP contribution < -0.4 is 14.8 Å². The zero-order valence-electron chi connectivity index (χ0n) is 23.2. The lowest BCUT2D eigenvalue weighted by Crippen LogP contribution is -2.54. The molecule has 2 aromatic carbocycles. The number of hydrogen-bond donors (Lipinski definition) is 2. The molecular weight excluding hydrogens is 524 g/mol. The lowest BCUT2D eigenvalue weighted by molar-refractivity contribution is 0.112. The molecule has 10 heteroatoms. The average molecular weight is 567 g/mol. The van der Waals surface area contributed by atoms with E-state index in [4.69, 9.17) is 4.74 Å². The summed E-state index contributed by atoms with van der Waals surface area (Å²) in [5.41, 5.74) is 1.47. The Morgan fingerprint density at radius 3 is 2.08 bits per heavy atom. The van der Waals surface area contributed by atoms with Gasteiger partial charge in [0.15, 0.2) is 0 Å². The first kappa shape index (κ1) is 31.7. The van der Waals surface area contributed by atoms with Gasteiger partial charge in [-0.2, -0.15) is 0 Å². The summed E-state index contributed by atoms with van der Waals surface area (Å²) in [6.07, 6.45) is 5.17. The molecule has 0 aliphatic carbocycles. The van der Waals surface area contributed by atoms with Gasteiger partial charge in [0.2, 0.25) is 10.0 Å². The smallest absolute Gasteiger partial charge is 0.318 e. The summed E-state index contributed by atoms with van der Waals surface area (Å²) < 4.78 is 31.0. The van der Waals surface area contributed by atoms with Crippen LogP contribution in [0.1, 0.15) is 58.9 Å². The van der Waals surface area contributed by atoms with E-state index < -0.39 is 10.0 Å². The quantitative estimate of drug-likeness (QED) is 0.376. The molecular formula is C28H43ClN4O4S. The van der Waals surface area contributed by atoms with Crippen molar-refractivity contribution in [3.8, 4) is 11.5 Å². The number of unbranched alkanes of at least 4 members (excludes halogenated alkanes) is 1. The molecule has 0 unspecified atom stereocenters. The maximum atomic E-state index is 12.9. The van der Waals surface area contributed by atoms with Gasteiger partial charge in [-0.25, -0.2) is 13.2 Å². The molecule has 3 rings (SSSR count). The first-order valence-electron chi connectivity index (χ1n) is 13.1. The Morgan fingerprint density at radius 1 is 1.03 bits per heavy atom. The minimum Gasteiger partial charge on any atom is -0.457 e. The van der Waals surface area contributed by atoms with Gasteiger partial charge in [0, 0.05) is 43.4 Å². The highest BCUT2D eigenvalue weighted by Crippen LogP contribution is 2.25. The molecule has 2 N–H and O–H groups in total. The third-order valence-electron chi connectivity index (χ3n) is 6.22. The van der Waals surface area contributed by atoms with Gasteiger partial charge in [-0.05, 0) is 82.0 Å². The van der Waals surface area contributed by atoms with Crippen LogP contribution in [-0.2, 0) is 16.6 Å². The molecule has 2 aromatic rings. The van der Waals surface area contributed by atoms with Crippen molar-refractivity contribution in [1.29, 1.82) is 0 Å². The van der Waals surface area contributed by atoms with Crippen LogP contribution in [0, 0.1) is 0 Å². The molecule has 1 aliphatic rings. The van der Waals surface area contributed by atoms with Crippen molar-refractivity contribution in [2.24, 2.45) is 0 Å². The van der Waals surface area contributed by atoms with Gasteiger partial charge in [0.25, 0.3) is 0 Å². The third-order valence-corrected chi connectivity index (χ3v) is 6.82. The van der Waals surface area contributed by atoms with E-state index >= 15 is 0 Å². The number of urea groups is 1. The summed E-state index contributed by atoms with van der Waals surface area (Å²) in [5, 5.41) is 3.14. The summed E-state index contributed by atoms with van der Waals surface area (Å²) in [5.74, 6) is 1.36. The van der Waals surface area contributed by atoms with Gasteiger partial charge in [-0.1, -0.05) is 25.5 Å². The van der Waals surface area contributed by atoms with Crippen LogP contribution in [-0.4, -0.2) is 61.7 Å². The second kappa shape index (κ2) is 14.1. The summed E-state index contributed by atoms with van der Waals surface area (Å²) in [6, 6.07) is 15.2. The second-order valence-electron chi connectivity index (χ2n) is 10.9. The van der Waals surface area contributed by atoms with E-state index in [0.29, 0.717) is 11.4 Å². The number of sulfonamides is 1. The molecule has 0 bridgehead atoms. The maximum Gasteiger partial charge on any atom is 0.318 e. The highest BCUT2D eigenvalue weighted by Gasteiger charge is 2.29. The minimum absolute atomic E-state index is 0. The number of rotatable bonds is 10. The summed E-state index contributed by atoms with van der Waals surface area (Å²) >= 11 is 0. The Balaban J connectivity index is 0.00000507. The van der Waals surface area contributed by atoms with Gasteiger partial charge in [0.05, 0.1) is 6.26 Å². The molecule has 0 radical (unpaired) electrons. The Bertz CT molecular complexity index is 1110. The second-order valence-corrected chi connectivity index (χ2v) is 12.6. The van der Waals surface area contributed by atoms with E-state index in [1.54, 1.807) is 24.3 Å². The fourth-order valence-electron chi connectivity index (χ4n) is 4.42. The third kappa shape index (κ3) is 10.7. The number of piperidine rings is 1. The molecule has 1 fully saturated rings. The predicted molar refractivity (Wildman–Crippen MR) is 157 cm³/mol. The van der Waals surface area contributed by atoms with Crippen LogP contribution in [0.5, 0.6) is 11.5 Å².